The molecule has 0 bridgehead atoms. The van der Waals surface area contributed by atoms with Gasteiger partial charge in [0.25, 0.3) is 0 Å². The Hall–Kier alpha value is -2.79. The van der Waals surface area contributed by atoms with Gasteiger partial charge in [-0.3, -0.25) is 4.57 Å². The molecule has 0 amide bonds. The van der Waals surface area contributed by atoms with Crippen LogP contribution in [0.15, 0.2) is 30.3 Å². The van der Waals surface area contributed by atoms with Gasteiger partial charge in [0.15, 0.2) is 11.4 Å². The van der Waals surface area contributed by atoms with Gasteiger partial charge >= 0.3 is 0 Å². The molecule has 0 saturated heterocycles. The highest BCUT2D eigenvalue weighted by Crippen LogP contribution is 2.14. The molecule has 0 aliphatic rings. The van der Waals surface area contributed by atoms with Crippen molar-refractivity contribution >= 4 is 5.95 Å². The molecule has 0 fully saturated rings. The summed E-state index contributed by atoms with van der Waals surface area (Å²) in [5.74, 6) is 0.182. The molecule has 2 rings (SSSR count). The Morgan fingerprint density at radius 1 is 1.18 bits per heavy atom. The van der Waals surface area contributed by atoms with Crippen LogP contribution in [-0.2, 0) is 6.54 Å². The molecule has 2 aromatic rings. The van der Waals surface area contributed by atoms with Crippen LogP contribution < -0.4 is 5.73 Å². The standard InChI is InChI=1S/C12H9N5/c13-6-10-11(7-14)17(12(15)16-10)8-9-4-2-1-3-5-9/h1-5H,8H2,(H2,15,16). The summed E-state index contributed by atoms with van der Waals surface area (Å²) < 4.78 is 1.54. The first-order valence-electron chi connectivity index (χ1n) is 4.96. The van der Waals surface area contributed by atoms with Gasteiger partial charge in [-0.15, -0.1) is 0 Å². The van der Waals surface area contributed by atoms with E-state index in [1.807, 2.05) is 42.5 Å². The maximum Gasteiger partial charge on any atom is 0.202 e. The summed E-state index contributed by atoms with van der Waals surface area (Å²) in [5.41, 5.74) is 6.96. The predicted octanol–water partition coefficient (Wildman–Crippen LogP) is 1.26. The molecule has 0 atom stereocenters. The topological polar surface area (TPSA) is 91.4 Å². The molecule has 0 saturated carbocycles. The summed E-state index contributed by atoms with van der Waals surface area (Å²) in [6.45, 7) is 0.435. The molecule has 5 nitrogen and oxygen atoms in total. The normalized spacial score (nSPS) is 9.53. The lowest BCUT2D eigenvalue weighted by molar-refractivity contribution is 0.798. The van der Waals surface area contributed by atoms with Gasteiger partial charge in [0.05, 0.1) is 6.54 Å². The van der Waals surface area contributed by atoms with Crippen LogP contribution in [0.25, 0.3) is 0 Å². The van der Waals surface area contributed by atoms with E-state index in [0.29, 0.717) is 6.54 Å². The number of rotatable bonds is 2. The predicted molar refractivity (Wildman–Crippen MR) is 61.6 cm³/mol. The number of nitrogens with zero attached hydrogens (tertiary/aromatic N) is 4. The van der Waals surface area contributed by atoms with Crippen molar-refractivity contribution in [2.24, 2.45) is 0 Å². The fourth-order valence-electron chi connectivity index (χ4n) is 1.59. The van der Waals surface area contributed by atoms with Crippen molar-refractivity contribution in [2.75, 3.05) is 5.73 Å². The first-order chi connectivity index (χ1) is 8.26. The molecule has 82 valence electrons. The molecule has 0 aliphatic carbocycles. The SMILES string of the molecule is N#Cc1nc(N)n(Cc2ccccc2)c1C#N. The van der Waals surface area contributed by atoms with E-state index in [4.69, 9.17) is 16.3 Å². The van der Waals surface area contributed by atoms with Gasteiger partial charge in [-0.25, -0.2) is 4.98 Å². The van der Waals surface area contributed by atoms with Crippen molar-refractivity contribution < 1.29 is 0 Å². The van der Waals surface area contributed by atoms with E-state index in [0.717, 1.165) is 5.56 Å². The van der Waals surface area contributed by atoms with Gasteiger partial charge in [-0.05, 0) is 5.56 Å². The number of hydrogen-bond acceptors (Lipinski definition) is 4. The third-order valence-electron chi connectivity index (χ3n) is 2.39. The van der Waals surface area contributed by atoms with Crippen LogP contribution in [0.5, 0.6) is 0 Å². The lowest BCUT2D eigenvalue weighted by atomic mass is 10.2. The Bertz CT molecular complexity index is 613. The van der Waals surface area contributed by atoms with E-state index in [-0.39, 0.29) is 17.3 Å². The number of hydrogen-bond donors (Lipinski definition) is 1. The minimum atomic E-state index is 0.0703. The Balaban J connectivity index is 2.44. The van der Waals surface area contributed by atoms with Crippen LogP contribution in [-0.4, -0.2) is 9.55 Å². The van der Waals surface area contributed by atoms with Gasteiger partial charge in [0, 0.05) is 0 Å². The zero-order valence-corrected chi connectivity index (χ0v) is 8.96. The average Bonchev–Trinajstić information content (AvgIpc) is 2.67. The van der Waals surface area contributed by atoms with Crippen LogP contribution in [0, 0.1) is 22.7 Å². The van der Waals surface area contributed by atoms with E-state index < -0.39 is 0 Å². The minimum absolute atomic E-state index is 0.0703. The summed E-state index contributed by atoms with van der Waals surface area (Å²) in [6, 6.07) is 13.4. The fourth-order valence-corrected chi connectivity index (χ4v) is 1.59. The molecule has 17 heavy (non-hydrogen) atoms. The molecule has 1 heterocycles. The smallest absolute Gasteiger partial charge is 0.202 e. The van der Waals surface area contributed by atoms with Gasteiger partial charge in [0.1, 0.15) is 12.1 Å². The van der Waals surface area contributed by atoms with Gasteiger partial charge in [-0.2, -0.15) is 10.5 Å². The third-order valence-corrected chi connectivity index (χ3v) is 2.39. The number of imidazole rings is 1. The highest BCUT2D eigenvalue weighted by Gasteiger charge is 2.14. The van der Waals surface area contributed by atoms with Crippen molar-refractivity contribution in [1.29, 1.82) is 10.5 Å². The van der Waals surface area contributed by atoms with Crippen LogP contribution in [0.4, 0.5) is 5.95 Å². The van der Waals surface area contributed by atoms with Crippen LogP contribution in [0.2, 0.25) is 0 Å². The highest BCUT2D eigenvalue weighted by atomic mass is 15.2. The zero-order valence-electron chi connectivity index (χ0n) is 8.96. The van der Waals surface area contributed by atoms with Crippen LogP contribution >= 0.6 is 0 Å². The molecular weight excluding hydrogens is 214 g/mol. The number of nitriles is 2. The monoisotopic (exact) mass is 223 g/mol. The molecular formula is C12H9N5. The van der Waals surface area contributed by atoms with Crippen molar-refractivity contribution in [2.45, 2.75) is 6.54 Å². The van der Waals surface area contributed by atoms with Crippen LogP contribution in [0.1, 0.15) is 17.0 Å². The first kappa shape index (κ1) is 10.7. The molecule has 0 aliphatic heterocycles. The quantitative estimate of drug-likeness (QED) is 0.829. The molecule has 5 heteroatoms. The van der Waals surface area contributed by atoms with Crippen molar-refractivity contribution in [1.82, 2.24) is 9.55 Å². The Morgan fingerprint density at radius 2 is 1.88 bits per heavy atom. The lowest BCUT2D eigenvalue weighted by Gasteiger charge is -2.05. The average molecular weight is 223 g/mol. The maximum absolute atomic E-state index is 9.00. The van der Waals surface area contributed by atoms with E-state index in [1.54, 1.807) is 0 Å². The molecule has 0 radical (unpaired) electrons. The third kappa shape index (κ3) is 1.95. The lowest BCUT2D eigenvalue weighted by Crippen LogP contribution is -2.06. The fraction of sp³-hybridized carbons (Fsp3) is 0.0833. The number of nitrogens with two attached hydrogens (primary N) is 1. The molecule has 2 N–H and O–H groups in total. The van der Waals surface area contributed by atoms with Gasteiger partial charge < -0.3 is 5.73 Å². The van der Waals surface area contributed by atoms with E-state index in [2.05, 4.69) is 4.98 Å². The Morgan fingerprint density at radius 3 is 2.47 bits per heavy atom. The maximum atomic E-state index is 9.00. The second-order valence-corrected chi connectivity index (χ2v) is 3.46. The first-order valence-corrected chi connectivity index (χ1v) is 4.96. The summed E-state index contributed by atoms with van der Waals surface area (Å²) in [7, 11) is 0. The number of aromatic nitrogens is 2. The van der Waals surface area contributed by atoms with E-state index in [9.17, 15) is 0 Å². The zero-order chi connectivity index (χ0) is 12.3. The number of anilines is 1. The summed E-state index contributed by atoms with van der Waals surface area (Å²) in [5, 5.41) is 17.8. The molecule has 1 aromatic heterocycles. The number of nitrogen functional groups attached to an aromatic ring is 1. The van der Waals surface area contributed by atoms with Crippen LogP contribution in [0.3, 0.4) is 0 Å². The highest BCUT2D eigenvalue weighted by molar-refractivity contribution is 5.44. The van der Waals surface area contributed by atoms with E-state index in [1.165, 1.54) is 4.57 Å². The van der Waals surface area contributed by atoms with Gasteiger partial charge in [-0.1, -0.05) is 30.3 Å². The van der Waals surface area contributed by atoms with Crippen molar-refractivity contribution in [3.8, 4) is 12.1 Å². The summed E-state index contributed by atoms with van der Waals surface area (Å²) >= 11 is 0. The summed E-state index contributed by atoms with van der Waals surface area (Å²) in [4.78, 5) is 3.85. The number of benzene rings is 1. The Labute approximate surface area is 98.3 Å². The second-order valence-electron chi connectivity index (χ2n) is 3.46. The second kappa shape index (κ2) is 4.38. The minimum Gasteiger partial charge on any atom is -0.369 e. The van der Waals surface area contributed by atoms with Gasteiger partial charge in [0.2, 0.25) is 5.95 Å². The molecule has 1 aromatic carbocycles. The largest absolute Gasteiger partial charge is 0.369 e. The molecule has 0 unspecified atom stereocenters. The van der Waals surface area contributed by atoms with Crippen molar-refractivity contribution in [3.05, 3.63) is 47.3 Å². The molecule has 0 spiro atoms. The van der Waals surface area contributed by atoms with Crippen molar-refractivity contribution in [3.63, 3.8) is 0 Å². The Kier molecular flexibility index (Phi) is 2.76. The van der Waals surface area contributed by atoms with E-state index >= 15 is 0 Å². The summed E-state index contributed by atoms with van der Waals surface area (Å²) in [6.07, 6.45) is 0.